The minimum atomic E-state index is -1.05. The number of carboxylic acids is 1. The van der Waals surface area contributed by atoms with Crippen LogP contribution in [0.15, 0.2) is 41.8 Å². The van der Waals surface area contributed by atoms with E-state index in [0.29, 0.717) is 23.7 Å². The van der Waals surface area contributed by atoms with Gasteiger partial charge in [0.2, 0.25) is 0 Å². The van der Waals surface area contributed by atoms with Crippen LogP contribution in [0, 0.1) is 5.92 Å². The summed E-state index contributed by atoms with van der Waals surface area (Å²) in [5, 5.41) is 9.58. The predicted octanol–water partition coefficient (Wildman–Crippen LogP) is 3.95. The summed E-state index contributed by atoms with van der Waals surface area (Å²) in [4.78, 5) is 26.2. The molecule has 138 valence electrons. The fourth-order valence-electron chi connectivity index (χ4n) is 2.57. The maximum absolute atomic E-state index is 12.8. The monoisotopic (exact) mass is 391 g/mol. The van der Waals surface area contributed by atoms with Crippen LogP contribution in [0.3, 0.4) is 0 Å². The second-order valence-electron chi connectivity index (χ2n) is 5.86. The van der Waals surface area contributed by atoms with Gasteiger partial charge in [0.05, 0.1) is 4.91 Å². The maximum Gasteiger partial charge on any atom is 0.327 e. The average Bonchev–Trinajstić information content (AvgIpc) is 2.88. The molecule has 1 fully saturated rings. The number of carbonyl (C=O) groups is 2. The van der Waals surface area contributed by atoms with E-state index in [9.17, 15) is 14.7 Å². The molecule has 1 amide bonds. The lowest BCUT2D eigenvalue weighted by molar-refractivity contribution is -0.147. The Kier molecular flexibility index (Phi) is 6.99. The van der Waals surface area contributed by atoms with Crippen LogP contribution in [-0.2, 0) is 9.59 Å². The van der Waals surface area contributed by atoms with E-state index in [1.54, 1.807) is 25.1 Å². The second kappa shape index (κ2) is 9.00. The fraction of sp³-hybridized carbons (Fsp3) is 0.316. The van der Waals surface area contributed by atoms with Crippen molar-refractivity contribution in [2.45, 2.75) is 26.3 Å². The first-order valence-corrected chi connectivity index (χ1v) is 9.45. The van der Waals surface area contributed by atoms with E-state index in [-0.39, 0.29) is 16.1 Å². The Morgan fingerprint density at radius 3 is 2.77 bits per heavy atom. The zero-order chi connectivity index (χ0) is 19.3. The third kappa shape index (κ3) is 4.34. The molecule has 0 saturated carbocycles. The van der Waals surface area contributed by atoms with Crippen LogP contribution in [0.5, 0.6) is 5.75 Å². The molecule has 2 atom stereocenters. The minimum absolute atomic E-state index is 0.211. The van der Waals surface area contributed by atoms with E-state index < -0.39 is 12.0 Å². The van der Waals surface area contributed by atoms with Crippen molar-refractivity contribution in [3.8, 4) is 5.75 Å². The largest absolute Gasteiger partial charge is 0.489 e. The summed E-state index contributed by atoms with van der Waals surface area (Å²) in [6, 6.07) is 6.34. The summed E-state index contributed by atoms with van der Waals surface area (Å²) in [7, 11) is 0. The Labute approximate surface area is 162 Å². The van der Waals surface area contributed by atoms with Crippen molar-refractivity contribution in [1.82, 2.24) is 4.90 Å². The zero-order valence-electron chi connectivity index (χ0n) is 14.7. The first-order chi connectivity index (χ1) is 12.4. The van der Waals surface area contributed by atoms with Crippen molar-refractivity contribution < 1.29 is 19.4 Å². The Bertz CT molecular complexity index is 760. The van der Waals surface area contributed by atoms with Crippen molar-refractivity contribution in [2.24, 2.45) is 5.92 Å². The van der Waals surface area contributed by atoms with E-state index in [2.05, 4.69) is 6.58 Å². The van der Waals surface area contributed by atoms with Crippen LogP contribution >= 0.6 is 24.0 Å². The highest BCUT2D eigenvalue weighted by molar-refractivity contribution is 8.26. The Morgan fingerprint density at radius 1 is 1.46 bits per heavy atom. The molecule has 0 aromatic heterocycles. The number of carbonyl (C=O) groups excluding carboxylic acids is 1. The maximum atomic E-state index is 12.8. The second-order valence-corrected chi connectivity index (χ2v) is 7.53. The normalized spacial score (nSPS) is 18.1. The van der Waals surface area contributed by atoms with Gasteiger partial charge in [0, 0.05) is 5.56 Å². The van der Waals surface area contributed by atoms with E-state index >= 15 is 0 Å². The van der Waals surface area contributed by atoms with E-state index in [0.717, 1.165) is 17.3 Å². The molecule has 0 bridgehead atoms. The standard InChI is InChI=1S/C19H21NO4S2/c1-4-10-24-14-9-7-6-8-13(14)11-15-17(21)20(19(25)26-15)16(18(22)23)12(3)5-2/h4,6-9,11-12,16H,1,5,10H2,2-3H3,(H,22,23)/b15-11-/t12-,16-/m0/s1. The number of thiocarbonyl (C=S) groups is 1. The van der Waals surface area contributed by atoms with Crippen LogP contribution in [0.2, 0.25) is 0 Å². The molecular formula is C19H21NO4S2. The van der Waals surface area contributed by atoms with Gasteiger partial charge in [-0.1, -0.05) is 75.1 Å². The summed E-state index contributed by atoms with van der Waals surface area (Å²) in [5.74, 6) is -1.02. The average molecular weight is 392 g/mol. The molecule has 1 heterocycles. The third-order valence-electron chi connectivity index (χ3n) is 4.10. The number of benzene rings is 1. The highest BCUT2D eigenvalue weighted by Crippen LogP contribution is 2.37. The Balaban J connectivity index is 2.35. The first kappa shape index (κ1) is 20.2. The van der Waals surface area contributed by atoms with E-state index in [4.69, 9.17) is 17.0 Å². The summed E-state index contributed by atoms with van der Waals surface area (Å²) >= 11 is 6.41. The van der Waals surface area contributed by atoms with Gasteiger partial charge in [-0.2, -0.15) is 0 Å². The number of amides is 1. The SMILES string of the molecule is C=CCOc1ccccc1/C=C1\SC(=S)N([C@H](C(=O)O)[C@@H](C)CC)C1=O. The van der Waals surface area contributed by atoms with E-state index in [1.165, 1.54) is 4.90 Å². The van der Waals surface area contributed by atoms with E-state index in [1.807, 2.05) is 25.1 Å². The molecule has 2 rings (SSSR count). The highest BCUT2D eigenvalue weighted by Gasteiger charge is 2.42. The molecule has 0 spiro atoms. The quantitative estimate of drug-likeness (QED) is 0.411. The Morgan fingerprint density at radius 2 is 2.15 bits per heavy atom. The number of para-hydroxylation sites is 1. The molecule has 0 radical (unpaired) electrons. The molecule has 1 saturated heterocycles. The summed E-state index contributed by atoms with van der Waals surface area (Å²) < 4.78 is 5.87. The fourth-order valence-corrected chi connectivity index (χ4v) is 3.89. The van der Waals surface area contributed by atoms with Crippen LogP contribution in [0.25, 0.3) is 6.08 Å². The smallest absolute Gasteiger partial charge is 0.327 e. The number of ether oxygens (including phenoxy) is 1. The summed E-state index contributed by atoms with van der Waals surface area (Å²) in [6.07, 6.45) is 3.96. The molecule has 5 nitrogen and oxygen atoms in total. The van der Waals surface area contributed by atoms with Crippen molar-refractivity contribution in [1.29, 1.82) is 0 Å². The van der Waals surface area contributed by atoms with Crippen molar-refractivity contribution in [2.75, 3.05) is 6.61 Å². The number of rotatable bonds is 8. The van der Waals surface area contributed by atoms with Gasteiger partial charge < -0.3 is 9.84 Å². The molecule has 0 unspecified atom stereocenters. The predicted molar refractivity (Wildman–Crippen MR) is 108 cm³/mol. The first-order valence-electron chi connectivity index (χ1n) is 8.23. The highest BCUT2D eigenvalue weighted by atomic mass is 32.2. The van der Waals surface area contributed by atoms with Crippen molar-refractivity contribution in [3.05, 3.63) is 47.4 Å². The van der Waals surface area contributed by atoms with Gasteiger partial charge >= 0.3 is 5.97 Å². The molecule has 7 heteroatoms. The number of thioether (sulfide) groups is 1. The zero-order valence-corrected chi connectivity index (χ0v) is 16.3. The third-order valence-corrected chi connectivity index (χ3v) is 5.43. The summed E-state index contributed by atoms with van der Waals surface area (Å²) in [5.41, 5.74) is 0.727. The van der Waals surface area contributed by atoms with Gasteiger partial charge in [-0.05, 0) is 18.1 Å². The number of aliphatic carboxylic acids is 1. The number of carboxylic acid groups (broad SMARTS) is 1. The van der Waals surface area contributed by atoms with Crippen LogP contribution in [-0.4, -0.2) is 38.9 Å². The Hall–Kier alpha value is -2.12. The van der Waals surface area contributed by atoms with Crippen LogP contribution in [0.1, 0.15) is 25.8 Å². The van der Waals surface area contributed by atoms with Crippen molar-refractivity contribution in [3.63, 3.8) is 0 Å². The lowest BCUT2D eigenvalue weighted by atomic mass is 9.98. The molecule has 26 heavy (non-hydrogen) atoms. The van der Waals surface area contributed by atoms with Gasteiger partial charge in [0.15, 0.2) is 0 Å². The molecule has 1 aromatic rings. The lowest BCUT2D eigenvalue weighted by Gasteiger charge is -2.27. The topological polar surface area (TPSA) is 66.8 Å². The van der Waals surface area contributed by atoms with Crippen molar-refractivity contribution >= 4 is 46.3 Å². The molecular weight excluding hydrogens is 370 g/mol. The number of hydrogen-bond donors (Lipinski definition) is 1. The lowest BCUT2D eigenvalue weighted by Crippen LogP contribution is -2.47. The molecule has 1 aliphatic rings. The molecule has 0 aliphatic carbocycles. The van der Waals surface area contributed by atoms with Gasteiger partial charge in [-0.3, -0.25) is 9.69 Å². The molecule has 1 aromatic carbocycles. The number of nitrogens with zero attached hydrogens (tertiary/aromatic N) is 1. The van der Waals surface area contributed by atoms with Crippen LogP contribution < -0.4 is 4.74 Å². The molecule has 1 aliphatic heterocycles. The van der Waals surface area contributed by atoms with Gasteiger partial charge in [-0.25, -0.2) is 4.79 Å². The van der Waals surface area contributed by atoms with Gasteiger partial charge in [-0.15, -0.1) is 0 Å². The number of hydrogen-bond acceptors (Lipinski definition) is 5. The van der Waals surface area contributed by atoms with Gasteiger partial charge in [0.1, 0.15) is 22.7 Å². The molecule has 1 N–H and O–H groups in total. The van der Waals surface area contributed by atoms with Crippen LogP contribution in [0.4, 0.5) is 0 Å². The summed E-state index contributed by atoms with van der Waals surface area (Å²) in [6.45, 7) is 7.67. The minimum Gasteiger partial charge on any atom is -0.489 e. The van der Waals surface area contributed by atoms with Gasteiger partial charge in [0.25, 0.3) is 5.91 Å².